The predicted molar refractivity (Wildman–Crippen MR) is 81.5 cm³/mol. The molecule has 0 saturated heterocycles. The Labute approximate surface area is 126 Å². The first-order valence-electron chi connectivity index (χ1n) is 7.25. The average molecular weight is 310 g/mol. The van der Waals surface area contributed by atoms with Crippen LogP contribution in [0.5, 0.6) is 0 Å². The molecular weight excluding hydrogens is 288 g/mol. The molecule has 1 amide bonds. The molecule has 6 heteroatoms. The lowest BCUT2D eigenvalue weighted by Gasteiger charge is -2.23. The molecule has 0 bridgehead atoms. The summed E-state index contributed by atoms with van der Waals surface area (Å²) in [7, 11) is -3.73. The number of nitrogens with zero attached hydrogens (tertiary/aromatic N) is 1. The van der Waals surface area contributed by atoms with Crippen LogP contribution in [0, 0.1) is 12.8 Å². The van der Waals surface area contributed by atoms with Crippen molar-refractivity contribution in [1.29, 1.82) is 0 Å². The minimum absolute atomic E-state index is 0.0257. The molecule has 1 fully saturated rings. The topological polar surface area (TPSA) is 80.5 Å². The summed E-state index contributed by atoms with van der Waals surface area (Å²) in [6.07, 6.45) is 3.29. The Balaban J connectivity index is 2.24. The summed E-state index contributed by atoms with van der Waals surface area (Å²) in [6.45, 7) is 5.31. The monoisotopic (exact) mass is 310 g/mol. The van der Waals surface area contributed by atoms with Gasteiger partial charge in [-0.25, -0.2) is 13.6 Å². The first-order chi connectivity index (χ1) is 9.82. The summed E-state index contributed by atoms with van der Waals surface area (Å²) in [6, 6.07) is 4.42. The Morgan fingerprint density at radius 1 is 1.38 bits per heavy atom. The smallest absolute Gasteiger partial charge is 0.254 e. The van der Waals surface area contributed by atoms with Gasteiger partial charge < -0.3 is 4.90 Å². The number of nitrogens with two attached hydrogens (primary N) is 1. The minimum Gasteiger partial charge on any atom is -0.338 e. The van der Waals surface area contributed by atoms with E-state index >= 15 is 0 Å². The molecule has 0 heterocycles. The van der Waals surface area contributed by atoms with E-state index in [-0.39, 0.29) is 10.8 Å². The van der Waals surface area contributed by atoms with E-state index < -0.39 is 10.0 Å². The summed E-state index contributed by atoms with van der Waals surface area (Å²) >= 11 is 0. The Morgan fingerprint density at radius 2 is 2.05 bits per heavy atom. The van der Waals surface area contributed by atoms with Crippen molar-refractivity contribution < 1.29 is 13.2 Å². The first kappa shape index (κ1) is 16.0. The highest BCUT2D eigenvalue weighted by atomic mass is 32.2. The number of hydrogen-bond donors (Lipinski definition) is 1. The third kappa shape index (κ3) is 4.04. The SMILES string of the molecule is CCCN(CC1CC1)C(=O)c1ccc(S(N)(=O)=O)cc1C. The van der Waals surface area contributed by atoms with Crippen molar-refractivity contribution >= 4 is 15.9 Å². The number of primary sulfonamides is 1. The molecule has 1 saturated carbocycles. The quantitative estimate of drug-likeness (QED) is 0.871. The molecule has 0 aliphatic heterocycles. The first-order valence-corrected chi connectivity index (χ1v) is 8.80. The van der Waals surface area contributed by atoms with Crippen LogP contribution in [0.2, 0.25) is 0 Å². The van der Waals surface area contributed by atoms with Crippen molar-refractivity contribution in [1.82, 2.24) is 4.90 Å². The predicted octanol–water partition coefficient (Wildman–Crippen LogP) is 1.90. The largest absolute Gasteiger partial charge is 0.338 e. The molecule has 2 N–H and O–H groups in total. The lowest BCUT2D eigenvalue weighted by atomic mass is 10.1. The molecule has 21 heavy (non-hydrogen) atoms. The Bertz CT molecular complexity index is 636. The third-order valence-electron chi connectivity index (χ3n) is 3.71. The summed E-state index contributed by atoms with van der Waals surface area (Å²) in [5.74, 6) is 0.603. The van der Waals surface area contributed by atoms with Crippen molar-refractivity contribution in [2.75, 3.05) is 13.1 Å². The van der Waals surface area contributed by atoms with E-state index in [1.165, 1.54) is 25.0 Å². The Hall–Kier alpha value is -1.40. The fourth-order valence-electron chi connectivity index (χ4n) is 2.38. The summed E-state index contributed by atoms with van der Waals surface area (Å²) in [5, 5.41) is 5.11. The molecule has 1 aromatic carbocycles. The van der Waals surface area contributed by atoms with Crippen molar-refractivity contribution in [3.8, 4) is 0 Å². The van der Waals surface area contributed by atoms with Gasteiger partial charge in [0.15, 0.2) is 0 Å². The van der Waals surface area contributed by atoms with E-state index in [4.69, 9.17) is 5.14 Å². The van der Waals surface area contributed by atoms with Crippen LogP contribution in [0.1, 0.15) is 42.1 Å². The van der Waals surface area contributed by atoms with Crippen LogP contribution in [0.3, 0.4) is 0 Å². The van der Waals surface area contributed by atoms with Gasteiger partial charge in [-0.05, 0) is 55.9 Å². The van der Waals surface area contributed by atoms with E-state index in [1.54, 1.807) is 13.0 Å². The zero-order valence-corrected chi connectivity index (χ0v) is 13.3. The lowest BCUT2D eigenvalue weighted by Crippen LogP contribution is -2.34. The average Bonchev–Trinajstić information content (AvgIpc) is 3.20. The molecule has 0 aromatic heterocycles. The second kappa shape index (κ2) is 6.15. The zero-order chi connectivity index (χ0) is 15.6. The second-order valence-corrected chi connectivity index (χ2v) is 7.28. The third-order valence-corrected chi connectivity index (χ3v) is 4.62. The molecule has 116 valence electrons. The van der Waals surface area contributed by atoms with Gasteiger partial charge >= 0.3 is 0 Å². The lowest BCUT2D eigenvalue weighted by molar-refractivity contribution is 0.0747. The maximum atomic E-state index is 12.6. The standard InChI is InChI=1S/C15H22N2O3S/c1-3-8-17(10-12-4-5-12)15(18)14-7-6-13(9-11(14)2)21(16,19)20/h6-7,9,12H,3-5,8,10H2,1-2H3,(H2,16,19,20). The van der Waals surface area contributed by atoms with E-state index in [2.05, 4.69) is 0 Å². The molecule has 0 radical (unpaired) electrons. The van der Waals surface area contributed by atoms with Gasteiger partial charge in [-0.2, -0.15) is 0 Å². The molecule has 1 aromatic rings. The maximum absolute atomic E-state index is 12.6. The van der Waals surface area contributed by atoms with Gasteiger partial charge in [0.25, 0.3) is 5.91 Å². The van der Waals surface area contributed by atoms with Crippen molar-refractivity contribution in [2.45, 2.75) is 38.0 Å². The maximum Gasteiger partial charge on any atom is 0.254 e. The van der Waals surface area contributed by atoms with Crippen LogP contribution in [-0.4, -0.2) is 32.3 Å². The van der Waals surface area contributed by atoms with Gasteiger partial charge in [0.1, 0.15) is 0 Å². The molecule has 0 spiro atoms. The number of aryl methyl sites for hydroxylation is 1. The molecule has 5 nitrogen and oxygen atoms in total. The Morgan fingerprint density at radius 3 is 2.52 bits per heavy atom. The van der Waals surface area contributed by atoms with Crippen LogP contribution in [-0.2, 0) is 10.0 Å². The minimum atomic E-state index is -3.73. The van der Waals surface area contributed by atoms with Gasteiger partial charge in [-0.1, -0.05) is 6.92 Å². The van der Waals surface area contributed by atoms with E-state index in [1.807, 2.05) is 11.8 Å². The number of carbonyl (C=O) groups excluding carboxylic acids is 1. The fourth-order valence-corrected chi connectivity index (χ4v) is 2.98. The van der Waals surface area contributed by atoms with Crippen LogP contribution in [0.4, 0.5) is 0 Å². The second-order valence-electron chi connectivity index (χ2n) is 5.72. The van der Waals surface area contributed by atoms with E-state index in [0.29, 0.717) is 17.0 Å². The fraction of sp³-hybridized carbons (Fsp3) is 0.533. The zero-order valence-electron chi connectivity index (χ0n) is 12.5. The number of sulfonamides is 1. The van der Waals surface area contributed by atoms with Gasteiger partial charge in [-0.15, -0.1) is 0 Å². The van der Waals surface area contributed by atoms with Crippen LogP contribution >= 0.6 is 0 Å². The molecule has 0 unspecified atom stereocenters. The number of hydrogen-bond acceptors (Lipinski definition) is 3. The highest BCUT2D eigenvalue weighted by Gasteiger charge is 2.27. The highest BCUT2D eigenvalue weighted by Crippen LogP contribution is 2.30. The van der Waals surface area contributed by atoms with Crippen molar-refractivity contribution in [2.24, 2.45) is 11.1 Å². The number of rotatable bonds is 6. The summed E-state index contributed by atoms with van der Waals surface area (Å²) in [4.78, 5) is 14.5. The molecule has 0 atom stereocenters. The molecule has 1 aliphatic carbocycles. The van der Waals surface area contributed by atoms with E-state index in [9.17, 15) is 13.2 Å². The Kier molecular flexibility index (Phi) is 4.68. The van der Waals surface area contributed by atoms with Gasteiger partial charge in [0, 0.05) is 18.7 Å². The van der Waals surface area contributed by atoms with Crippen LogP contribution in [0.15, 0.2) is 23.1 Å². The number of amides is 1. The van der Waals surface area contributed by atoms with Gasteiger partial charge in [0.05, 0.1) is 4.90 Å². The summed E-state index contributed by atoms with van der Waals surface area (Å²) < 4.78 is 22.7. The van der Waals surface area contributed by atoms with Crippen LogP contribution in [0.25, 0.3) is 0 Å². The molecule has 1 aliphatic rings. The highest BCUT2D eigenvalue weighted by molar-refractivity contribution is 7.89. The normalized spacial score (nSPS) is 15.0. The number of carbonyl (C=O) groups is 1. The van der Waals surface area contributed by atoms with E-state index in [0.717, 1.165) is 19.5 Å². The van der Waals surface area contributed by atoms with Crippen LogP contribution < -0.4 is 5.14 Å². The number of benzene rings is 1. The summed E-state index contributed by atoms with van der Waals surface area (Å²) in [5.41, 5.74) is 1.19. The van der Waals surface area contributed by atoms with Crippen molar-refractivity contribution in [3.63, 3.8) is 0 Å². The van der Waals surface area contributed by atoms with Gasteiger partial charge in [-0.3, -0.25) is 4.79 Å². The molecule has 2 rings (SSSR count). The van der Waals surface area contributed by atoms with Crippen molar-refractivity contribution in [3.05, 3.63) is 29.3 Å². The molecular formula is C15H22N2O3S. The van der Waals surface area contributed by atoms with Gasteiger partial charge in [0.2, 0.25) is 10.0 Å².